The number of nitrogens with zero attached hydrogens (tertiary/aromatic N) is 4. The summed E-state index contributed by atoms with van der Waals surface area (Å²) in [5.41, 5.74) is 26.3. The maximum atomic E-state index is 4.89. The van der Waals surface area contributed by atoms with E-state index in [1.165, 1.54) is 94.9 Å². The number of fused-ring (bicyclic) bond motifs is 9. The van der Waals surface area contributed by atoms with E-state index in [1.54, 1.807) is 0 Å². The number of aryl methyl sites for hydroxylation is 1. The second-order valence-electron chi connectivity index (χ2n) is 24.7. The van der Waals surface area contributed by atoms with Crippen molar-refractivity contribution in [1.29, 1.82) is 0 Å². The molecule has 14 rings (SSSR count). The molecule has 4 nitrogen and oxygen atoms in total. The van der Waals surface area contributed by atoms with Crippen molar-refractivity contribution in [3.63, 3.8) is 0 Å². The Morgan fingerprint density at radius 2 is 1.04 bits per heavy atom. The van der Waals surface area contributed by atoms with Gasteiger partial charge in [-0.3, -0.25) is 4.98 Å². The quantitative estimate of drug-likeness (QED) is 0.155. The van der Waals surface area contributed by atoms with E-state index in [2.05, 4.69) is 282 Å². The Bertz CT molecular complexity index is 3990. The number of anilines is 8. The van der Waals surface area contributed by atoms with Crippen LogP contribution in [0.3, 0.4) is 0 Å². The van der Waals surface area contributed by atoms with E-state index in [1.807, 2.05) is 12.3 Å². The monoisotopic (exact) mass is 1010 g/mol. The number of pyridine rings is 1. The van der Waals surface area contributed by atoms with Crippen LogP contribution in [0.15, 0.2) is 225 Å². The molecule has 4 heterocycles. The van der Waals surface area contributed by atoms with Gasteiger partial charge in [0.05, 0.1) is 11.2 Å². The molecule has 0 bridgehead atoms. The summed E-state index contributed by atoms with van der Waals surface area (Å²) in [6.45, 7) is 19.0. The molecule has 0 saturated heterocycles. The normalized spacial score (nSPS) is 17.9. The molecule has 0 fully saturated rings. The molecule has 380 valence electrons. The Hall–Kier alpha value is -8.41. The van der Waals surface area contributed by atoms with Crippen LogP contribution < -0.4 is 31.1 Å². The number of hydrogen-bond donors (Lipinski definition) is 0. The molecule has 9 aromatic carbocycles. The van der Waals surface area contributed by atoms with E-state index in [0.29, 0.717) is 0 Å². The van der Waals surface area contributed by atoms with Gasteiger partial charge in [0, 0.05) is 62.7 Å². The molecule has 3 aliphatic heterocycles. The van der Waals surface area contributed by atoms with Crippen molar-refractivity contribution < 1.29 is 0 Å². The summed E-state index contributed by atoms with van der Waals surface area (Å²) < 4.78 is 0. The van der Waals surface area contributed by atoms with Crippen molar-refractivity contribution in [3.8, 4) is 33.5 Å². The first kappa shape index (κ1) is 48.0. The fourth-order valence-electron chi connectivity index (χ4n) is 13.9. The summed E-state index contributed by atoms with van der Waals surface area (Å²) in [4.78, 5) is 12.9. The summed E-state index contributed by atoms with van der Waals surface area (Å²) in [6.07, 6.45) is 3.94. The molecule has 4 aliphatic rings. The Kier molecular flexibility index (Phi) is 10.8. The van der Waals surface area contributed by atoms with Gasteiger partial charge in [-0.15, -0.1) is 0 Å². The highest BCUT2D eigenvalue weighted by atomic mass is 15.3. The van der Waals surface area contributed by atoms with Crippen molar-refractivity contribution in [1.82, 2.24) is 4.98 Å². The summed E-state index contributed by atoms with van der Waals surface area (Å²) >= 11 is 0. The summed E-state index contributed by atoms with van der Waals surface area (Å²) in [6, 6.07) is 82.9. The number of rotatable bonds is 6. The molecule has 1 aliphatic carbocycles. The second kappa shape index (κ2) is 17.6. The maximum Gasteiger partial charge on any atom is 0.252 e. The number of hydrogen-bond acceptors (Lipinski definition) is 4. The van der Waals surface area contributed by atoms with Crippen LogP contribution >= 0.6 is 0 Å². The minimum Gasteiger partial charge on any atom is -0.330 e. The number of aromatic nitrogens is 1. The lowest BCUT2D eigenvalue weighted by molar-refractivity contribution is 0.245. The predicted octanol–water partition coefficient (Wildman–Crippen LogP) is 17.0. The van der Waals surface area contributed by atoms with Gasteiger partial charge >= 0.3 is 0 Å². The molecule has 2 unspecified atom stereocenters. The van der Waals surface area contributed by atoms with Crippen LogP contribution in [0.5, 0.6) is 0 Å². The standard InChI is InChI=1S/C73H65BN4/c1-70(2,3)54-31-34-56(35-32-54)76-65-38-33-55(71(4,5)6)45-62(65)74-61-36-29-52(49-22-13-10-14-23-49)44-66(61)77(57-26-19-25-51(42-57)48-20-11-9-12-21-48)68-47-58(46-67(76)69(68)74)78-64-37-30-53(63-28-17-18-41-75-63)43-60(64)72(7)40-39-50-24-15-16-27-59(50)73(72,78)8/h9-38,41-47H,39-40H2,1-8H3. The van der Waals surface area contributed by atoms with Gasteiger partial charge in [-0.2, -0.15) is 0 Å². The fraction of sp³-hybridized carbons (Fsp3) is 0.192. The molecular formula is C73H65BN4. The van der Waals surface area contributed by atoms with Crippen molar-refractivity contribution in [2.75, 3.05) is 14.7 Å². The molecule has 78 heavy (non-hydrogen) atoms. The van der Waals surface area contributed by atoms with Gasteiger partial charge in [-0.1, -0.05) is 194 Å². The van der Waals surface area contributed by atoms with E-state index >= 15 is 0 Å². The molecule has 1 aromatic heterocycles. The third kappa shape index (κ3) is 7.30. The highest BCUT2D eigenvalue weighted by Crippen LogP contribution is 2.65. The molecule has 0 amide bonds. The lowest BCUT2D eigenvalue weighted by atomic mass is 9.33. The molecular weight excluding hydrogens is 944 g/mol. The van der Waals surface area contributed by atoms with Crippen LogP contribution in [0.1, 0.15) is 89.6 Å². The third-order valence-corrected chi connectivity index (χ3v) is 18.2. The third-order valence-electron chi connectivity index (χ3n) is 18.2. The van der Waals surface area contributed by atoms with E-state index in [-0.39, 0.29) is 23.0 Å². The van der Waals surface area contributed by atoms with Crippen molar-refractivity contribution in [2.24, 2.45) is 0 Å². The minimum atomic E-state index is -0.467. The van der Waals surface area contributed by atoms with Crippen molar-refractivity contribution in [3.05, 3.63) is 252 Å². The summed E-state index contributed by atoms with van der Waals surface area (Å²) in [5, 5.41) is 0. The van der Waals surface area contributed by atoms with E-state index < -0.39 is 5.54 Å². The molecule has 0 saturated carbocycles. The first-order valence-electron chi connectivity index (χ1n) is 28.0. The highest BCUT2D eigenvalue weighted by Gasteiger charge is 2.60. The van der Waals surface area contributed by atoms with E-state index in [4.69, 9.17) is 4.98 Å². The van der Waals surface area contributed by atoms with Crippen LogP contribution in [0.25, 0.3) is 33.5 Å². The van der Waals surface area contributed by atoms with Gasteiger partial charge in [0.15, 0.2) is 0 Å². The average Bonchev–Trinajstić information content (AvgIpc) is 2.89. The van der Waals surface area contributed by atoms with E-state index in [9.17, 15) is 0 Å². The Balaban J connectivity index is 1.11. The van der Waals surface area contributed by atoms with Gasteiger partial charge in [-0.25, -0.2) is 0 Å². The zero-order chi connectivity index (χ0) is 53.3. The zero-order valence-corrected chi connectivity index (χ0v) is 46.1. The van der Waals surface area contributed by atoms with Gasteiger partial charge < -0.3 is 14.7 Å². The molecule has 0 radical (unpaired) electrons. The zero-order valence-electron chi connectivity index (χ0n) is 46.1. The van der Waals surface area contributed by atoms with Gasteiger partial charge in [-0.05, 0) is 170 Å². The summed E-state index contributed by atoms with van der Waals surface area (Å²) in [5.74, 6) is 0. The van der Waals surface area contributed by atoms with Gasteiger partial charge in [0.1, 0.15) is 0 Å². The molecule has 0 N–H and O–H groups in total. The largest absolute Gasteiger partial charge is 0.330 e. The lowest BCUT2D eigenvalue weighted by Gasteiger charge is -2.52. The number of benzene rings is 9. The van der Waals surface area contributed by atoms with E-state index in [0.717, 1.165) is 41.2 Å². The van der Waals surface area contributed by atoms with Crippen molar-refractivity contribution in [2.45, 2.75) is 90.0 Å². The highest BCUT2D eigenvalue weighted by molar-refractivity contribution is 7.00. The minimum absolute atomic E-state index is 0.000804. The summed E-state index contributed by atoms with van der Waals surface area (Å²) in [7, 11) is 0. The molecule has 10 aromatic rings. The SMILES string of the molecule is CC(C)(C)c1ccc(N2c3ccc(C(C)(C)C)cc3B3c4ccc(-c5ccccc5)cc4N(c4cccc(-c5ccccc5)c4)c4cc(N5c6ccc(-c7ccccn7)cc6C6(C)CCc7ccccc7C56C)cc2c43)cc1. The first-order chi connectivity index (χ1) is 37.7. The Morgan fingerprint density at radius 1 is 0.423 bits per heavy atom. The Labute approximate surface area is 461 Å². The molecule has 5 heteroatoms. The Morgan fingerprint density at radius 3 is 1.73 bits per heavy atom. The van der Waals surface area contributed by atoms with Gasteiger partial charge in [0.2, 0.25) is 0 Å². The van der Waals surface area contributed by atoms with Crippen LogP contribution in [0.4, 0.5) is 45.5 Å². The van der Waals surface area contributed by atoms with Crippen molar-refractivity contribution >= 4 is 68.6 Å². The molecule has 2 atom stereocenters. The first-order valence-corrected chi connectivity index (χ1v) is 28.0. The smallest absolute Gasteiger partial charge is 0.252 e. The second-order valence-corrected chi connectivity index (χ2v) is 24.7. The van der Waals surface area contributed by atoms with Crippen LogP contribution in [-0.4, -0.2) is 11.7 Å². The fourth-order valence-corrected chi connectivity index (χ4v) is 13.9. The van der Waals surface area contributed by atoms with Crippen LogP contribution in [-0.2, 0) is 28.2 Å². The topological polar surface area (TPSA) is 22.6 Å². The van der Waals surface area contributed by atoms with Crippen LogP contribution in [0, 0.1) is 0 Å². The average molecular weight is 1010 g/mol. The van der Waals surface area contributed by atoms with Gasteiger partial charge in [0.25, 0.3) is 6.71 Å². The molecule has 0 spiro atoms. The maximum absolute atomic E-state index is 4.89. The van der Waals surface area contributed by atoms with Crippen LogP contribution in [0.2, 0.25) is 0 Å². The predicted molar refractivity (Wildman–Crippen MR) is 330 cm³/mol. The lowest BCUT2D eigenvalue weighted by Crippen LogP contribution is -2.61.